The van der Waals surface area contributed by atoms with E-state index in [2.05, 4.69) is 32.8 Å². The van der Waals surface area contributed by atoms with Gasteiger partial charge >= 0.3 is 0 Å². The maximum Gasteiger partial charge on any atom is 0.258 e. The molecule has 0 amide bonds. The van der Waals surface area contributed by atoms with Gasteiger partial charge in [-0.15, -0.1) is 11.3 Å². The molecule has 5 rings (SSSR count). The second kappa shape index (κ2) is 8.52. The monoisotopic (exact) mass is 433 g/mol. The van der Waals surface area contributed by atoms with Crippen LogP contribution in [0.3, 0.4) is 0 Å². The van der Waals surface area contributed by atoms with Gasteiger partial charge in [0, 0.05) is 80.1 Å². The zero-order valence-electron chi connectivity index (χ0n) is 17.3. The minimum Gasteiger partial charge on any atom is -0.354 e. The largest absolute Gasteiger partial charge is 0.354 e. The van der Waals surface area contributed by atoms with Gasteiger partial charge in [0.2, 0.25) is 0 Å². The van der Waals surface area contributed by atoms with Crippen molar-refractivity contribution in [3.05, 3.63) is 70.0 Å². The van der Waals surface area contributed by atoms with Crippen molar-refractivity contribution < 1.29 is 0 Å². The summed E-state index contributed by atoms with van der Waals surface area (Å²) in [6.07, 6.45) is 6.16. The number of hydrogen-bond donors (Lipinski definition) is 0. The Morgan fingerprint density at radius 1 is 1.00 bits per heavy atom. The summed E-state index contributed by atoms with van der Waals surface area (Å²) in [6, 6.07) is 7.62. The van der Waals surface area contributed by atoms with Gasteiger partial charge in [-0.25, -0.2) is 15.0 Å². The molecule has 158 valence electrons. The van der Waals surface area contributed by atoms with Crippen molar-refractivity contribution >= 4 is 22.1 Å². The Morgan fingerprint density at radius 2 is 1.81 bits per heavy atom. The summed E-state index contributed by atoms with van der Waals surface area (Å²) in [6.45, 7) is 6.32. The van der Waals surface area contributed by atoms with Crippen LogP contribution in [0.5, 0.6) is 0 Å². The molecule has 0 radical (unpaired) electrons. The minimum absolute atomic E-state index is 0.0170. The quantitative estimate of drug-likeness (QED) is 0.478. The highest BCUT2D eigenvalue weighted by Gasteiger charge is 2.20. The number of pyridine rings is 1. The van der Waals surface area contributed by atoms with Crippen molar-refractivity contribution in [1.29, 1.82) is 0 Å². The highest BCUT2D eigenvalue weighted by atomic mass is 32.1. The molecule has 8 nitrogen and oxygen atoms in total. The van der Waals surface area contributed by atoms with Crippen LogP contribution in [-0.2, 0) is 13.0 Å². The van der Waals surface area contributed by atoms with E-state index in [0.29, 0.717) is 6.54 Å². The van der Waals surface area contributed by atoms with Crippen molar-refractivity contribution in [3.8, 4) is 11.4 Å². The molecule has 0 saturated carbocycles. The van der Waals surface area contributed by atoms with Crippen molar-refractivity contribution in [3.63, 3.8) is 0 Å². The molecule has 4 aromatic rings. The average Bonchev–Trinajstić information content (AvgIpc) is 3.29. The van der Waals surface area contributed by atoms with Crippen LogP contribution in [0, 0.1) is 0 Å². The number of anilines is 1. The molecular weight excluding hydrogens is 410 g/mol. The first kappa shape index (κ1) is 19.8. The van der Waals surface area contributed by atoms with Crippen LogP contribution in [0.15, 0.2) is 53.0 Å². The summed E-state index contributed by atoms with van der Waals surface area (Å²) >= 11 is 1.49. The molecule has 1 aliphatic heterocycles. The SMILES string of the molecule is CCc1cc(N2CCN(Cc3cc(=O)n4ccsc4n3)CC2)nc(-c2ccncc2)n1. The van der Waals surface area contributed by atoms with Gasteiger partial charge in [-0.3, -0.25) is 19.1 Å². The van der Waals surface area contributed by atoms with Gasteiger partial charge < -0.3 is 4.90 Å². The summed E-state index contributed by atoms with van der Waals surface area (Å²) in [5.41, 5.74) is 2.83. The lowest BCUT2D eigenvalue weighted by atomic mass is 10.2. The van der Waals surface area contributed by atoms with Gasteiger partial charge in [0.15, 0.2) is 10.8 Å². The number of hydrogen-bond acceptors (Lipinski definition) is 8. The Morgan fingerprint density at radius 3 is 2.58 bits per heavy atom. The molecule has 1 fully saturated rings. The molecule has 0 spiro atoms. The fourth-order valence-corrected chi connectivity index (χ4v) is 4.53. The number of rotatable bonds is 5. The van der Waals surface area contributed by atoms with E-state index < -0.39 is 0 Å². The number of piperazine rings is 1. The third-order valence-corrected chi connectivity index (χ3v) is 6.26. The molecular formula is C22H23N7OS. The van der Waals surface area contributed by atoms with Gasteiger partial charge in [0.25, 0.3) is 5.56 Å². The third kappa shape index (κ3) is 4.19. The standard InChI is InChI=1S/C22H23N7OS/c1-2-17-13-19(26-21(24-17)16-3-5-23-6-4-16)28-9-7-27(8-10-28)15-18-14-20(30)29-11-12-31-22(29)25-18/h3-6,11-14H,2,7-10,15H2,1H3. The first-order chi connectivity index (χ1) is 15.2. The molecule has 0 aromatic carbocycles. The number of nitrogens with zero attached hydrogens (tertiary/aromatic N) is 7. The lowest BCUT2D eigenvalue weighted by Crippen LogP contribution is -2.46. The van der Waals surface area contributed by atoms with Crippen LogP contribution < -0.4 is 10.5 Å². The minimum atomic E-state index is -0.0170. The summed E-state index contributed by atoms with van der Waals surface area (Å²) < 4.78 is 1.59. The lowest BCUT2D eigenvalue weighted by Gasteiger charge is -2.35. The van der Waals surface area contributed by atoms with Gasteiger partial charge in [-0.1, -0.05) is 6.92 Å². The van der Waals surface area contributed by atoms with Gasteiger partial charge in [0.1, 0.15) is 5.82 Å². The van der Waals surface area contributed by atoms with Crippen LogP contribution in [0.4, 0.5) is 5.82 Å². The lowest BCUT2D eigenvalue weighted by molar-refractivity contribution is 0.246. The van der Waals surface area contributed by atoms with E-state index in [1.165, 1.54) is 11.3 Å². The Labute approximate surface area is 183 Å². The highest BCUT2D eigenvalue weighted by molar-refractivity contribution is 7.15. The Balaban J connectivity index is 1.30. The Bertz CT molecular complexity index is 1250. The summed E-state index contributed by atoms with van der Waals surface area (Å²) in [4.78, 5) is 35.9. The van der Waals surface area contributed by atoms with Crippen LogP contribution in [0.25, 0.3) is 16.3 Å². The fraction of sp³-hybridized carbons (Fsp3) is 0.318. The van der Waals surface area contributed by atoms with Crippen molar-refractivity contribution in [2.75, 3.05) is 31.1 Å². The number of aromatic nitrogens is 5. The van der Waals surface area contributed by atoms with E-state index in [1.54, 1.807) is 29.1 Å². The molecule has 1 saturated heterocycles. The van der Waals surface area contributed by atoms with Crippen LogP contribution >= 0.6 is 11.3 Å². The van der Waals surface area contributed by atoms with E-state index in [1.807, 2.05) is 17.5 Å². The third-order valence-electron chi connectivity index (χ3n) is 5.50. The van der Waals surface area contributed by atoms with Crippen LogP contribution in [-0.4, -0.2) is 55.4 Å². The molecule has 1 aliphatic rings. The maximum atomic E-state index is 12.2. The van der Waals surface area contributed by atoms with Crippen molar-refractivity contribution in [2.24, 2.45) is 0 Å². The highest BCUT2D eigenvalue weighted by Crippen LogP contribution is 2.21. The smallest absolute Gasteiger partial charge is 0.258 e. The first-order valence-electron chi connectivity index (χ1n) is 10.4. The Kier molecular flexibility index (Phi) is 5.44. The normalized spacial score (nSPS) is 14.9. The average molecular weight is 434 g/mol. The van der Waals surface area contributed by atoms with Crippen molar-refractivity contribution in [1.82, 2.24) is 29.2 Å². The Hall–Kier alpha value is -3.17. The van der Waals surface area contributed by atoms with E-state index in [4.69, 9.17) is 9.97 Å². The molecule has 31 heavy (non-hydrogen) atoms. The predicted molar refractivity (Wildman–Crippen MR) is 121 cm³/mol. The summed E-state index contributed by atoms with van der Waals surface area (Å²) in [5.74, 6) is 1.71. The van der Waals surface area contributed by atoms with Gasteiger partial charge in [0.05, 0.1) is 5.69 Å². The molecule has 0 aliphatic carbocycles. The maximum absolute atomic E-state index is 12.2. The summed E-state index contributed by atoms with van der Waals surface area (Å²) in [5, 5.41) is 1.89. The second-order valence-electron chi connectivity index (χ2n) is 7.54. The molecule has 0 N–H and O–H groups in total. The van der Waals surface area contributed by atoms with E-state index >= 15 is 0 Å². The first-order valence-corrected chi connectivity index (χ1v) is 11.3. The molecule has 4 aromatic heterocycles. The van der Waals surface area contributed by atoms with E-state index in [0.717, 1.165) is 66.2 Å². The second-order valence-corrected chi connectivity index (χ2v) is 8.41. The number of thiazole rings is 1. The van der Waals surface area contributed by atoms with E-state index in [-0.39, 0.29) is 5.56 Å². The molecule has 5 heterocycles. The fourth-order valence-electron chi connectivity index (χ4n) is 3.79. The molecule has 0 unspecified atom stereocenters. The molecule has 9 heteroatoms. The number of fused-ring (bicyclic) bond motifs is 1. The van der Waals surface area contributed by atoms with Crippen LogP contribution in [0.2, 0.25) is 0 Å². The zero-order valence-corrected chi connectivity index (χ0v) is 18.1. The molecule has 0 atom stereocenters. The van der Waals surface area contributed by atoms with Gasteiger partial charge in [-0.05, 0) is 18.6 Å². The summed E-state index contributed by atoms with van der Waals surface area (Å²) in [7, 11) is 0. The zero-order chi connectivity index (χ0) is 21.2. The topological polar surface area (TPSA) is 79.5 Å². The van der Waals surface area contributed by atoms with E-state index in [9.17, 15) is 4.79 Å². The van der Waals surface area contributed by atoms with Crippen molar-refractivity contribution in [2.45, 2.75) is 19.9 Å². The van der Waals surface area contributed by atoms with Gasteiger partial charge in [-0.2, -0.15) is 0 Å². The number of aryl methyl sites for hydroxylation is 1. The predicted octanol–water partition coefficient (Wildman–Crippen LogP) is 2.49. The molecule has 0 bridgehead atoms. The van der Waals surface area contributed by atoms with Crippen LogP contribution in [0.1, 0.15) is 18.3 Å².